The number of aromatic nitrogens is 1. The van der Waals surface area contributed by atoms with Crippen LogP contribution < -0.4 is 10.6 Å². The highest BCUT2D eigenvalue weighted by Gasteiger charge is 2.13. The van der Waals surface area contributed by atoms with Gasteiger partial charge in [-0.15, -0.1) is 0 Å². The average Bonchev–Trinajstić information content (AvgIpc) is 3.12. The van der Waals surface area contributed by atoms with Crippen LogP contribution in [-0.2, 0) is 6.54 Å². The van der Waals surface area contributed by atoms with Crippen LogP contribution in [0.5, 0.6) is 0 Å². The van der Waals surface area contributed by atoms with Crippen molar-refractivity contribution in [1.29, 1.82) is 0 Å². The lowest BCUT2D eigenvalue weighted by Crippen LogP contribution is -2.23. The van der Waals surface area contributed by atoms with E-state index in [1.165, 1.54) is 12.3 Å². The molecule has 6 heteroatoms. The minimum Gasteiger partial charge on any atom is -0.467 e. The van der Waals surface area contributed by atoms with E-state index in [4.69, 9.17) is 4.42 Å². The van der Waals surface area contributed by atoms with Crippen LogP contribution in [0.3, 0.4) is 0 Å². The molecule has 0 aliphatic carbocycles. The van der Waals surface area contributed by atoms with E-state index in [2.05, 4.69) is 15.6 Å². The van der Waals surface area contributed by atoms with Crippen LogP contribution in [0.1, 0.15) is 37.7 Å². The van der Waals surface area contributed by atoms with Crippen molar-refractivity contribution in [2.45, 2.75) is 20.4 Å². The first-order valence-corrected chi connectivity index (χ1v) is 8.17. The van der Waals surface area contributed by atoms with Gasteiger partial charge in [0.2, 0.25) is 0 Å². The van der Waals surface area contributed by atoms with Gasteiger partial charge in [0.1, 0.15) is 11.5 Å². The van der Waals surface area contributed by atoms with E-state index in [0.29, 0.717) is 17.0 Å². The standard InChI is InChI=1S/C20H19N3O3/c1-13-8-14(2)10-16(9-13)23-20(25)18-11-15(5-6-21-18)19(24)22-12-17-4-3-7-26-17/h3-11H,12H2,1-2H3,(H,22,24)(H,23,25). The van der Waals surface area contributed by atoms with Gasteiger partial charge in [-0.05, 0) is 61.4 Å². The molecule has 3 rings (SSSR count). The van der Waals surface area contributed by atoms with Gasteiger partial charge in [0, 0.05) is 17.4 Å². The van der Waals surface area contributed by atoms with E-state index < -0.39 is 0 Å². The molecule has 0 bridgehead atoms. The first kappa shape index (κ1) is 17.4. The number of nitrogens with one attached hydrogen (secondary N) is 2. The summed E-state index contributed by atoms with van der Waals surface area (Å²) in [6, 6.07) is 12.3. The predicted octanol–water partition coefficient (Wildman–Crippen LogP) is 3.47. The minimum atomic E-state index is -0.365. The molecule has 0 saturated carbocycles. The molecule has 6 nitrogen and oxygen atoms in total. The van der Waals surface area contributed by atoms with Crippen molar-refractivity contribution in [1.82, 2.24) is 10.3 Å². The Morgan fingerprint density at radius 2 is 1.81 bits per heavy atom. The normalized spacial score (nSPS) is 10.4. The summed E-state index contributed by atoms with van der Waals surface area (Å²) in [5.74, 6) is -0.0138. The molecule has 0 spiro atoms. The van der Waals surface area contributed by atoms with Gasteiger partial charge in [0.05, 0.1) is 12.8 Å². The maximum absolute atomic E-state index is 12.4. The Hall–Kier alpha value is -3.41. The number of rotatable bonds is 5. The third-order valence-electron chi connectivity index (χ3n) is 3.74. The molecule has 1 aromatic carbocycles. The van der Waals surface area contributed by atoms with E-state index in [9.17, 15) is 9.59 Å². The largest absolute Gasteiger partial charge is 0.467 e. The SMILES string of the molecule is Cc1cc(C)cc(NC(=O)c2cc(C(=O)NCc3ccco3)ccn2)c1. The van der Waals surface area contributed by atoms with Crippen molar-refractivity contribution in [3.8, 4) is 0 Å². The third-order valence-corrected chi connectivity index (χ3v) is 3.74. The fourth-order valence-electron chi connectivity index (χ4n) is 2.62. The van der Waals surface area contributed by atoms with Crippen LogP contribution in [0.2, 0.25) is 0 Å². The molecule has 0 saturated heterocycles. The molecular formula is C20H19N3O3. The molecule has 0 aliphatic rings. The molecule has 0 aliphatic heterocycles. The highest BCUT2D eigenvalue weighted by Crippen LogP contribution is 2.15. The lowest BCUT2D eigenvalue weighted by atomic mass is 10.1. The number of pyridine rings is 1. The Balaban J connectivity index is 1.69. The molecule has 132 valence electrons. The molecule has 0 unspecified atom stereocenters. The maximum Gasteiger partial charge on any atom is 0.274 e. The van der Waals surface area contributed by atoms with Gasteiger partial charge in [-0.3, -0.25) is 14.6 Å². The van der Waals surface area contributed by atoms with Crippen molar-refractivity contribution < 1.29 is 14.0 Å². The van der Waals surface area contributed by atoms with E-state index in [1.807, 2.05) is 32.0 Å². The van der Waals surface area contributed by atoms with Gasteiger partial charge >= 0.3 is 0 Å². The summed E-state index contributed by atoms with van der Waals surface area (Å²) in [4.78, 5) is 28.7. The number of hydrogen-bond donors (Lipinski definition) is 2. The first-order valence-electron chi connectivity index (χ1n) is 8.17. The second-order valence-electron chi connectivity index (χ2n) is 6.02. The molecule has 2 aromatic heterocycles. The summed E-state index contributed by atoms with van der Waals surface area (Å²) in [6.45, 7) is 4.20. The van der Waals surface area contributed by atoms with Crippen LogP contribution in [0.4, 0.5) is 5.69 Å². The Bertz CT molecular complexity index is 913. The molecule has 2 amide bonds. The second kappa shape index (κ2) is 7.65. The van der Waals surface area contributed by atoms with Gasteiger partial charge < -0.3 is 15.1 Å². The Kier molecular flexibility index (Phi) is 5.12. The first-order chi connectivity index (χ1) is 12.5. The number of benzene rings is 1. The zero-order valence-electron chi connectivity index (χ0n) is 14.6. The molecule has 0 fully saturated rings. The van der Waals surface area contributed by atoms with Gasteiger partial charge in [0.25, 0.3) is 11.8 Å². The highest BCUT2D eigenvalue weighted by molar-refractivity contribution is 6.04. The number of furan rings is 1. The average molecular weight is 349 g/mol. The van der Waals surface area contributed by atoms with Crippen molar-refractivity contribution in [3.05, 3.63) is 83.1 Å². The fourth-order valence-corrected chi connectivity index (χ4v) is 2.62. The van der Waals surface area contributed by atoms with E-state index in [1.54, 1.807) is 24.5 Å². The number of nitrogens with zero attached hydrogens (tertiary/aromatic N) is 1. The molecule has 3 aromatic rings. The number of aryl methyl sites for hydroxylation is 2. The van der Waals surface area contributed by atoms with Gasteiger partial charge in [0.15, 0.2) is 0 Å². The zero-order valence-corrected chi connectivity index (χ0v) is 14.6. The van der Waals surface area contributed by atoms with Crippen molar-refractivity contribution in [2.24, 2.45) is 0 Å². The summed E-state index contributed by atoms with van der Waals surface area (Å²) in [7, 11) is 0. The van der Waals surface area contributed by atoms with Gasteiger partial charge in [-0.2, -0.15) is 0 Å². The highest BCUT2D eigenvalue weighted by atomic mass is 16.3. The molecule has 2 heterocycles. The van der Waals surface area contributed by atoms with Crippen molar-refractivity contribution in [2.75, 3.05) is 5.32 Å². The number of anilines is 1. The van der Waals surface area contributed by atoms with E-state index in [0.717, 1.165) is 11.1 Å². The molecule has 0 atom stereocenters. The smallest absolute Gasteiger partial charge is 0.274 e. The summed E-state index contributed by atoms with van der Waals surface area (Å²) in [6.07, 6.45) is 2.99. The fraction of sp³-hybridized carbons (Fsp3) is 0.150. The van der Waals surface area contributed by atoms with Crippen molar-refractivity contribution in [3.63, 3.8) is 0 Å². The monoisotopic (exact) mass is 349 g/mol. The maximum atomic E-state index is 12.4. The predicted molar refractivity (Wildman–Crippen MR) is 98.0 cm³/mol. The summed E-state index contributed by atoms with van der Waals surface area (Å²) in [5.41, 5.74) is 3.34. The number of carbonyl (C=O) groups excluding carboxylic acids is 2. The van der Waals surface area contributed by atoms with Crippen LogP contribution in [0, 0.1) is 13.8 Å². The summed E-state index contributed by atoms with van der Waals surface area (Å²) >= 11 is 0. The molecule has 26 heavy (non-hydrogen) atoms. The number of carbonyl (C=O) groups is 2. The second-order valence-corrected chi connectivity index (χ2v) is 6.02. The number of hydrogen-bond acceptors (Lipinski definition) is 4. The van der Waals surface area contributed by atoms with Gasteiger partial charge in [-0.25, -0.2) is 0 Å². The summed E-state index contributed by atoms with van der Waals surface area (Å²) < 4.78 is 5.18. The van der Waals surface area contributed by atoms with Crippen LogP contribution in [0.15, 0.2) is 59.3 Å². The molecule has 0 radical (unpaired) electrons. The third kappa shape index (κ3) is 4.36. The quantitative estimate of drug-likeness (QED) is 0.739. The van der Waals surface area contributed by atoms with Crippen LogP contribution >= 0.6 is 0 Å². The Labute approximate surface area is 151 Å². The van der Waals surface area contributed by atoms with Crippen molar-refractivity contribution >= 4 is 17.5 Å². The number of amides is 2. The Morgan fingerprint density at radius 3 is 2.50 bits per heavy atom. The Morgan fingerprint density at radius 1 is 1.04 bits per heavy atom. The molecular weight excluding hydrogens is 330 g/mol. The lowest BCUT2D eigenvalue weighted by molar-refractivity contribution is 0.0948. The van der Waals surface area contributed by atoms with E-state index in [-0.39, 0.29) is 24.1 Å². The van der Waals surface area contributed by atoms with Crippen LogP contribution in [0.25, 0.3) is 0 Å². The van der Waals surface area contributed by atoms with Crippen LogP contribution in [-0.4, -0.2) is 16.8 Å². The lowest BCUT2D eigenvalue weighted by Gasteiger charge is -2.08. The van der Waals surface area contributed by atoms with Gasteiger partial charge in [-0.1, -0.05) is 6.07 Å². The summed E-state index contributed by atoms with van der Waals surface area (Å²) in [5, 5.41) is 5.55. The zero-order chi connectivity index (χ0) is 18.5. The molecule has 2 N–H and O–H groups in total. The minimum absolute atomic E-state index is 0.176. The topological polar surface area (TPSA) is 84.2 Å². The van der Waals surface area contributed by atoms with E-state index >= 15 is 0 Å².